The second-order valence-electron chi connectivity index (χ2n) is 6.07. The summed E-state index contributed by atoms with van der Waals surface area (Å²) in [6.45, 7) is 6.71. The van der Waals surface area contributed by atoms with Crippen LogP contribution < -0.4 is 5.32 Å². The third-order valence-electron chi connectivity index (χ3n) is 4.43. The summed E-state index contributed by atoms with van der Waals surface area (Å²) >= 11 is 0. The van der Waals surface area contributed by atoms with E-state index in [4.69, 9.17) is 5.11 Å². The number of urea groups is 1. The lowest BCUT2D eigenvalue weighted by Gasteiger charge is -2.27. The van der Waals surface area contributed by atoms with Crippen molar-refractivity contribution >= 4 is 6.03 Å². The van der Waals surface area contributed by atoms with E-state index in [0.29, 0.717) is 19.6 Å². The van der Waals surface area contributed by atoms with Gasteiger partial charge in [0.1, 0.15) is 0 Å². The normalized spacial score (nSPS) is 15.4. The first kappa shape index (κ1) is 17.8. The first-order valence-electron chi connectivity index (χ1n) is 8.67. The van der Waals surface area contributed by atoms with Gasteiger partial charge in [0.25, 0.3) is 0 Å². The van der Waals surface area contributed by atoms with Crippen molar-refractivity contribution in [2.45, 2.75) is 39.3 Å². The van der Waals surface area contributed by atoms with E-state index in [1.165, 1.54) is 43.5 Å². The van der Waals surface area contributed by atoms with Crippen LogP contribution in [0.15, 0.2) is 24.3 Å². The van der Waals surface area contributed by atoms with Crippen molar-refractivity contribution in [3.05, 3.63) is 35.4 Å². The van der Waals surface area contributed by atoms with Crippen LogP contribution in [0.25, 0.3) is 0 Å². The Labute approximate surface area is 139 Å². The zero-order valence-electron chi connectivity index (χ0n) is 14.1. The molecule has 1 aromatic rings. The molecule has 0 unspecified atom stereocenters. The summed E-state index contributed by atoms with van der Waals surface area (Å²) in [5, 5.41) is 12.0. The van der Waals surface area contributed by atoms with E-state index >= 15 is 0 Å². The Morgan fingerprint density at radius 1 is 1.22 bits per heavy atom. The van der Waals surface area contributed by atoms with E-state index in [1.54, 1.807) is 4.90 Å². The average molecular weight is 319 g/mol. The molecule has 2 N–H and O–H groups in total. The lowest BCUT2D eigenvalue weighted by molar-refractivity contribution is 0.180. The minimum absolute atomic E-state index is 0.00714. The van der Waals surface area contributed by atoms with E-state index < -0.39 is 0 Å². The molecule has 1 fully saturated rings. The fraction of sp³-hybridized carbons (Fsp3) is 0.611. The topological polar surface area (TPSA) is 55.8 Å². The lowest BCUT2D eigenvalue weighted by atomic mass is 10.0. The summed E-state index contributed by atoms with van der Waals surface area (Å²) in [6, 6.07) is 8.21. The Balaban J connectivity index is 1.93. The van der Waals surface area contributed by atoms with Crippen molar-refractivity contribution in [1.29, 1.82) is 0 Å². The molecule has 1 saturated heterocycles. The van der Waals surface area contributed by atoms with E-state index in [1.807, 2.05) is 13.0 Å². The highest BCUT2D eigenvalue weighted by molar-refractivity contribution is 5.74. The van der Waals surface area contributed by atoms with Gasteiger partial charge in [-0.15, -0.1) is 0 Å². The maximum Gasteiger partial charge on any atom is 0.317 e. The van der Waals surface area contributed by atoms with Crippen molar-refractivity contribution in [3.8, 4) is 0 Å². The molecule has 23 heavy (non-hydrogen) atoms. The number of carbonyl (C=O) groups excluding carboxylic acids is 1. The Morgan fingerprint density at radius 3 is 2.57 bits per heavy atom. The third-order valence-corrected chi connectivity index (χ3v) is 4.43. The number of rotatable bonds is 7. The van der Waals surface area contributed by atoms with Crippen molar-refractivity contribution in [2.24, 2.45) is 0 Å². The molecule has 5 nitrogen and oxygen atoms in total. The molecule has 0 aromatic heterocycles. The quantitative estimate of drug-likeness (QED) is 0.810. The Kier molecular flexibility index (Phi) is 7.36. The van der Waals surface area contributed by atoms with Gasteiger partial charge < -0.3 is 15.3 Å². The van der Waals surface area contributed by atoms with Crippen molar-refractivity contribution in [3.63, 3.8) is 0 Å². The highest BCUT2D eigenvalue weighted by atomic mass is 16.3. The van der Waals surface area contributed by atoms with Crippen LogP contribution in [0.1, 0.15) is 37.3 Å². The van der Waals surface area contributed by atoms with Crippen LogP contribution in [0.5, 0.6) is 0 Å². The molecule has 5 heteroatoms. The smallest absolute Gasteiger partial charge is 0.317 e. The SMILES string of the molecule is CCN(CCO)C(=O)NCc1ccccc1CN1CCCCC1. The first-order valence-corrected chi connectivity index (χ1v) is 8.67. The summed E-state index contributed by atoms with van der Waals surface area (Å²) in [5.74, 6) is 0. The molecule has 0 atom stereocenters. The number of piperidine rings is 1. The third kappa shape index (κ3) is 5.52. The predicted octanol–water partition coefficient (Wildman–Crippen LogP) is 2.20. The summed E-state index contributed by atoms with van der Waals surface area (Å²) in [6.07, 6.45) is 3.91. The monoisotopic (exact) mass is 319 g/mol. The number of aliphatic hydroxyl groups is 1. The number of likely N-dealkylation sites (N-methyl/N-ethyl adjacent to an activating group) is 1. The number of benzene rings is 1. The largest absolute Gasteiger partial charge is 0.395 e. The fourth-order valence-electron chi connectivity index (χ4n) is 3.05. The van der Waals surface area contributed by atoms with Gasteiger partial charge >= 0.3 is 6.03 Å². The van der Waals surface area contributed by atoms with Gasteiger partial charge in [-0.1, -0.05) is 30.7 Å². The molecule has 128 valence electrons. The van der Waals surface area contributed by atoms with Crippen molar-refractivity contribution in [1.82, 2.24) is 15.1 Å². The number of likely N-dealkylation sites (tertiary alicyclic amines) is 1. The molecule has 1 aliphatic rings. The van der Waals surface area contributed by atoms with Crippen LogP contribution in [0.2, 0.25) is 0 Å². The summed E-state index contributed by atoms with van der Waals surface area (Å²) < 4.78 is 0. The number of nitrogens with one attached hydrogen (secondary N) is 1. The molecule has 2 rings (SSSR count). The predicted molar refractivity (Wildman–Crippen MR) is 92.1 cm³/mol. The highest BCUT2D eigenvalue weighted by Crippen LogP contribution is 2.16. The van der Waals surface area contributed by atoms with Crippen LogP contribution in [0.4, 0.5) is 4.79 Å². The average Bonchev–Trinajstić information content (AvgIpc) is 2.59. The van der Waals surface area contributed by atoms with Crippen molar-refractivity contribution < 1.29 is 9.90 Å². The van der Waals surface area contributed by atoms with Crippen LogP contribution in [-0.4, -0.2) is 53.7 Å². The van der Waals surface area contributed by atoms with Gasteiger partial charge in [-0.2, -0.15) is 0 Å². The molecular formula is C18H29N3O2. The lowest BCUT2D eigenvalue weighted by Crippen LogP contribution is -2.41. The molecule has 0 radical (unpaired) electrons. The van der Waals surface area contributed by atoms with Gasteiger partial charge in [-0.05, 0) is 44.0 Å². The van der Waals surface area contributed by atoms with Crippen LogP contribution in [0.3, 0.4) is 0 Å². The molecule has 0 spiro atoms. The second kappa shape index (κ2) is 9.53. The molecular weight excluding hydrogens is 290 g/mol. The van der Waals surface area contributed by atoms with Crippen molar-refractivity contribution in [2.75, 3.05) is 32.8 Å². The minimum Gasteiger partial charge on any atom is -0.395 e. The molecule has 0 bridgehead atoms. The molecule has 1 heterocycles. The van der Waals surface area contributed by atoms with E-state index in [0.717, 1.165) is 6.54 Å². The number of aliphatic hydroxyl groups excluding tert-OH is 1. The zero-order chi connectivity index (χ0) is 16.5. The number of hydrogen-bond acceptors (Lipinski definition) is 3. The number of carbonyl (C=O) groups is 1. The number of nitrogens with zero attached hydrogens (tertiary/aromatic N) is 2. The maximum absolute atomic E-state index is 12.1. The summed E-state index contributed by atoms with van der Waals surface area (Å²) in [4.78, 5) is 16.2. The van der Waals surface area contributed by atoms with E-state index in [9.17, 15) is 4.79 Å². The van der Waals surface area contributed by atoms with E-state index in [-0.39, 0.29) is 12.6 Å². The minimum atomic E-state index is -0.116. The van der Waals surface area contributed by atoms with Crippen LogP contribution >= 0.6 is 0 Å². The molecule has 2 amide bonds. The molecule has 0 aliphatic carbocycles. The number of amides is 2. The summed E-state index contributed by atoms with van der Waals surface area (Å²) in [7, 11) is 0. The van der Waals surface area contributed by atoms with Gasteiger partial charge in [-0.25, -0.2) is 4.79 Å². The van der Waals surface area contributed by atoms with Gasteiger partial charge in [0, 0.05) is 26.2 Å². The first-order chi connectivity index (χ1) is 11.2. The zero-order valence-corrected chi connectivity index (χ0v) is 14.1. The van der Waals surface area contributed by atoms with E-state index in [2.05, 4.69) is 28.4 Å². The van der Waals surface area contributed by atoms with Gasteiger partial charge in [0.2, 0.25) is 0 Å². The second-order valence-corrected chi connectivity index (χ2v) is 6.07. The maximum atomic E-state index is 12.1. The molecule has 1 aromatic carbocycles. The van der Waals surface area contributed by atoms with Crippen LogP contribution in [-0.2, 0) is 13.1 Å². The molecule has 1 aliphatic heterocycles. The van der Waals surface area contributed by atoms with Gasteiger partial charge in [0.05, 0.1) is 6.61 Å². The number of hydrogen-bond donors (Lipinski definition) is 2. The van der Waals surface area contributed by atoms with Gasteiger partial charge in [0.15, 0.2) is 0 Å². The standard InChI is InChI=1S/C18H29N3O2/c1-2-21(12-13-22)18(23)19-14-16-8-4-5-9-17(16)15-20-10-6-3-7-11-20/h4-5,8-9,22H,2-3,6-7,10-15H2,1H3,(H,19,23). The van der Waals surface area contributed by atoms with Gasteiger partial charge in [-0.3, -0.25) is 4.90 Å². The Morgan fingerprint density at radius 2 is 1.91 bits per heavy atom. The highest BCUT2D eigenvalue weighted by Gasteiger charge is 2.14. The van der Waals surface area contributed by atoms with Crippen LogP contribution in [0, 0.1) is 0 Å². The Hall–Kier alpha value is -1.59. The Bertz CT molecular complexity index is 487. The summed E-state index contributed by atoms with van der Waals surface area (Å²) in [5.41, 5.74) is 2.46. The molecule has 0 saturated carbocycles. The fourth-order valence-corrected chi connectivity index (χ4v) is 3.05.